The first-order valence-electron chi connectivity index (χ1n) is 17.0. The second kappa shape index (κ2) is 17.6. The van der Waals surface area contributed by atoms with Crippen LogP contribution < -0.4 is 15.4 Å². The van der Waals surface area contributed by atoms with Crippen molar-refractivity contribution < 1.29 is 55.0 Å². The third-order valence-corrected chi connectivity index (χ3v) is 9.40. The molecule has 1 aliphatic carbocycles. The molecule has 0 heterocycles. The first-order valence-corrected chi connectivity index (χ1v) is 18.4. The first kappa shape index (κ1) is 42.2. The topological polar surface area (TPSA) is 166 Å². The maximum absolute atomic E-state index is 13.4. The van der Waals surface area contributed by atoms with Gasteiger partial charge in [-0.25, -0.2) is 22.7 Å². The van der Waals surface area contributed by atoms with E-state index in [1.807, 2.05) is 0 Å². The number of halogens is 3. The summed E-state index contributed by atoms with van der Waals surface area (Å²) >= 11 is 0. The van der Waals surface area contributed by atoms with Crippen molar-refractivity contribution in [3.05, 3.63) is 65.7 Å². The van der Waals surface area contributed by atoms with Crippen molar-refractivity contribution in [2.24, 2.45) is 5.92 Å². The lowest BCUT2D eigenvalue weighted by Gasteiger charge is -2.29. The van der Waals surface area contributed by atoms with Gasteiger partial charge in [0.05, 0.1) is 16.5 Å². The maximum atomic E-state index is 13.4. The average Bonchev–Trinajstić information content (AvgIpc) is 3.03. The van der Waals surface area contributed by atoms with E-state index in [0.29, 0.717) is 43.4 Å². The van der Waals surface area contributed by atoms with E-state index < -0.39 is 75.0 Å². The van der Waals surface area contributed by atoms with E-state index in [0.717, 1.165) is 12.1 Å². The number of sulfonamides is 1. The monoisotopic (exact) mass is 755 g/mol. The van der Waals surface area contributed by atoms with Gasteiger partial charge in [-0.2, -0.15) is 13.2 Å². The van der Waals surface area contributed by atoms with Gasteiger partial charge in [0.1, 0.15) is 23.9 Å². The minimum Gasteiger partial charge on any atom is -0.463 e. The molecular formula is C36H48F3N3O9S. The number of hydrogen-bond donors (Lipinski definition) is 3. The van der Waals surface area contributed by atoms with Crippen LogP contribution in [0.5, 0.6) is 0 Å². The minimum absolute atomic E-state index is 0.138. The van der Waals surface area contributed by atoms with Gasteiger partial charge in [-0.1, -0.05) is 30.3 Å². The van der Waals surface area contributed by atoms with Crippen LogP contribution in [0.2, 0.25) is 0 Å². The van der Waals surface area contributed by atoms with Crippen LogP contribution in [-0.4, -0.2) is 62.2 Å². The third-order valence-electron chi connectivity index (χ3n) is 7.86. The fourth-order valence-electron chi connectivity index (χ4n) is 5.36. The van der Waals surface area contributed by atoms with E-state index in [1.165, 1.54) is 0 Å². The zero-order valence-electron chi connectivity index (χ0n) is 30.2. The fourth-order valence-corrected chi connectivity index (χ4v) is 6.67. The maximum Gasteiger partial charge on any atom is 0.416 e. The zero-order valence-corrected chi connectivity index (χ0v) is 31.0. The number of hydrogen-bond acceptors (Lipinski definition) is 9. The number of alkyl carbamates (subject to hydrolysis) is 1. The Hall–Kier alpha value is -4.18. The Labute approximate surface area is 302 Å². The molecule has 1 aliphatic rings. The van der Waals surface area contributed by atoms with Crippen LogP contribution in [0.15, 0.2) is 59.5 Å². The van der Waals surface area contributed by atoms with Crippen LogP contribution in [0.25, 0.3) is 0 Å². The molecule has 2 aromatic rings. The highest BCUT2D eigenvalue weighted by molar-refractivity contribution is 7.89. The normalized spacial score (nSPS) is 18.0. The molecule has 2 aromatic carbocycles. The van der Waals surface area contributed by atoms with Gasteiger partial charge >= 0.3 is 24.2 Å². The van der Waals surface area contributed by atoms with Gasteiger partial charge in [0, 0.05) is 18.4 Å². The minimum atomic E-state index is -4.59. The SMILES string of the molecule is CC(C)(C)OC(=O)N[C@@H](CCC(=O)OC[C@@H](NC(=O)[C@H]1CC[C@H](NS(=O)(=O)c2ccc(C(F)(F)F)cc2)CC1)c1ccccc1)C(=O)OC(C)(C)C. The van der Waals surface area contributed by atoms with Crippen molar-refractivity contribution in [2.75, 3.05) is 6.61 Å². The van der Waals surface area contributed by atoms with Crippen LogP contribution in [0.1, 0.15) is 97.2 Å². The molecular weight excluding hydrogens is 707 g/mol. The van der Waals surface area contributed by atoms with E-state index in [2.05, 4.69) is 15.4 Å². The van der Waals surface area contributed by atoms with Gasteiger partial charge in [-0.15, -0.1) is 0 Å². The molecule has 3 N–H and O–H groups in total. The zero-order chi connectivity index (χ0) is 38.9. The lowest BCUT2D eigenvalue weighted by atomic mass is 9.85. The van der Waals surface area contributed by atoms with Crippen molar-refractivity contribution in [1.29, 1.82) is 0 Å². The number of nitrogens with one attached hydrogen (secondary N) is 3. The molecule has 52 heavy (non-hydrogen) atoms. The molecule has 3 rings (SSSR count). The molecule has 0 bridgehead atoms. The summed E-state index contributed by atoms with van der Waals surface area (Å²) < 4.78 is 83.0. The van der Waals surface area contributed by atoms with Gasteiger partial charge in [-0.05, 0) is 103 Å². The largest absolute Gasteiger partial charge is 0.463 e. The summed E-state index contributed by atoms with van der Waals surface area (Å²) in [6.07, 6.45) is -4.53. The summed E-state index contributed by atoms with van der Waals surface area (Å²) in [6.45, 7) is 9.77. The van der Waals surface area contributed by atoms with Crippen LogP contribution in [0.4, 0.5) is 18.0 Å². The molecule has 288 valence electrons. The van der Waals surface area contributed by atoms with E-state index in [4.69, 9.17) is 14.2 Å². The lowest BCUT2D eigenvalue weighted by Crippen LogP contribution is -2.46. The predicted octanol–water partition coefficient (Wildman–Crippen LogP) is 5.96. The Bertz CT molecular complexity index is 1630. The number of benzene rings is 2. The second-order valence-corrected chi connectivity index (χ2v) is 16.3. The molecule has 0 saturated heterocycles. The molecule has 0 aliphatic heterocycles. The first-order chi connectivity index (χ1) is 24.0. The van der Waals surface area contributed by atoms with Crippen molar-refractivity contribution in [2.45, 2.75) is 120 Å². The van der Waals surface area contributed by atoms with Crippen molar-refractivity contribution >= 4 is 34.0 Å². The van der Waals surface area contributed by atoms with Gasteiger partial charge in [-0.3, -0.25) is 9.59 Å². The Balaban J connectivity index is 1.57. The second-order valence-electron chi connectivity index (χ2n) is 14.6. The number of carbonyl (C=O) groups is 4. The van der Waals surface area contributed by atoms with Gasteiger partial charge in [0.25, 0.3) is 0 Å². The molecule has 1 saturated carbocycles. The quantitative estimate of drug-likeness (QED) is 0.165. The molecule has 12 nitrogen and oxygen atoms in total. The van der Waals surface area contributed by atoms with Crippen LogP contribution in [0.3, 0.4) is 0 Å². The standard InChI is InChI=1S/C36H48F3N3O9S/c1-34(2,3)50-32(45)28(41-33(46)51-35(4,5)6)20-21-30(43)49-22-29(23-10-8-7-9-11-23)40-31(44)24-12-16-26(17-13-24)42-52(47,48)27-18-14-25(15-19-27)36(37,38)39/h7-11,14-15,18-19,24,26,28-29,42H,12-13,16-17,20-22H2,1-6H3,(H,40,44)(H,41,46)/t24-,26-,28-,29+/m0/s1. The summed E-state index contributed by atoms with van der Waals surface area (Å²) in [5, 5.41) is 5.39. The van der Waals surface area contributed by atoms with Gasteiger partial charge in [0.15, 0.2) is 0 Å². The highest BCUT2D eigenvalue weighted by Gasteiger charge is 2.33. The average molecular weight is 756 g/mol. The van der Waals surface area contributed by atoms with Crippen LogP contribution >= 0.6 is 0 Å². The van der Waals surface area contributed by atoms with Crippen molar-refractivity contribution in [3.63, 3.8) is 0 Å². The third kappa shape index (κ3) is 14.1. The van der Waals surface area contributed by atoms with Crippen molar-refractivity contribution in [3.8, 4) is 0 Å². The van der Waals surface area contributed by atoms with Gasteiger partial charge in [0.2, 0.25) is 15.9 Å². The summed E-state index contributed by atoms with van der Waals surface area (Å²) in [6, 6.07) is 9.62. The van der Waals surface area contributed by atoms with E-state index in [9.17, 15) is 40.8 Å². The highest BCUT2D eigenvalue weighted by Crippen LogP contribution is 2.31. The summed E-state index contributed by atoms with van der Waals surface area (Å²) in [4.78, 5) is 51.2. The predicted molar refractivity (Wildman–Crippen MR) is 184 cm³/mol. The van der Waals surface area contributed by atoms with E-state index in [1.54, 1.807) is 71.9 Å². The number of rotatable bonds is 13. The Morgan fingerprint density at radius 2 is 1.38 bits per heavy atom. The van der Waals surface area contributed by atoms with Crippen LogP contribution in [-0.2, 0) is 44.8 Å². The van der Waals surface area contributed by atoms with E-state index >= 15 is 0 Å². The number of esters is 2. The van der Waals surface area contributed by atoms with Crippen molar-refractivity contribution in [1.82, 2.24) is 15.4 Å². The molecule has 0 unspecified atom stereocenters. The Morgan fingerprint density at radius 1 is 0.808 bits per heavy atom. The lowest BCUT2D eigenvalue weighted by molar-refractivity contribution is -0.158. The smallest absolute Gasteiger partial charge is 0.416 e. The summed E-state index contributed by atoms with van der Waals surface area (Å²) in [7, 11) is -4.09. The number of ether oxygens (including phenoxy) is 3. The molecule has 0 aromatic heterocycles. The number of amides is 2. The van der Waals surface area contributed by atoms with Gasteiger partial charge < -0.3 is 24.8 Å². The van der Waals surface area contributed by atoms with Crippen LogP contribution in [0, 0.1) is 5.92 Å². The summed E-state index contributed by atoms with van der Waals surface area (Å²) in [5.41, 5.74) is -1.97. The molecule has 0 spiro atoms. The molecule has 0 radical (unpaired) electrons. The fraction of sp³-hybridized carbons (Fsp3) is 0.556. The molecule has 16 heteroatoms. The molecule has 1 fully saturated rings. The molecule has 2 atom stereocenters. The number of alkyl halides is 3. The Morgan fingerprint density at radius 3 is 1.92 bits per heavy atom. The Kier molecular flexibility index (Phi) is 14.3. The molecule has 2 amide bonds. The highest BCUT2D eigenvalue weighted by atomic mass is 32.2. The van der Waals surface area contributed by atoms with E-state index in [-0.39, 0.29) is 30.3 Å². The number of carbonyl (C=O) groups excluding carboxylic acids is 4. The summed E-state index contributed by atoms with van der Waals surface area (Å²) in [5.74, 6) is -2.22.